The zero-order valence-electron chi connectivity index (χ0n) is 12.7. The number of halogens is 1. The highest BCUT2D eigenvalue weighted by molar-refractivity contribution is 5.31. The number of hydrogen-bond acceptors (Lipinski definition) is 2. The van der Waals surface area contributed by atoms with Crippen LogP contribution in [-0.4, -0.2) is 18.8 Å². The molecule has 0 aliphatic heterocycles. The highest BCUT2D eigenvalue weighted by Crippen LogP contribution is 2.34. The van der Waals surface area contributed by atoms with Crippen LogP contribution in [0.25, 0.3) is 0 Å². The van der Waals surface area contributed by atoms with Gasteiger partial charge in [-0.15, -0.1) is 0 Å². The van der Waals surface area contributed by atoms with Gasteiger partial charge in [-0.2, -0.15) is 0 Å². The van der Waals surface area contributed by atoms with Crippen LogP contribution in [0.5, 0.6) is 0 Å². The Balaban J connectivity index is 3.21. The first kappa shape index (κ1) is 16.1. The van der Waals surface area contributed by atoms with E-state index in [1.807, 2.05) is 19.9 Å². The number of aryl methyl sites for hydroxylation is 1. The minimum atomic E-state index is -0.330. The van der Waals surface area contributed by atoms with E-state index in [1.165, 1.54) is 6.07 Å². The Hall–Kier alpha value is -0.930. The zero-order valence-corrected chi connectivity index (χ0v) is 12.7. The van der Waals surface area contributed by atoms with Gasteiger partial charge in [0.15, 0.2) is 0 Å². The second-order valence-electron chi connectivity index (χ2n) is 5.09. The summed E-state index contributed by atoms with van der Waals surface area (Å²) in [4.78, 5) is 0. The molecule has 1 rings (SSSR count). The number of benzene rings is 1. The monoisotopic (exact) mass is 267 g/mol. The lowest BCUT2D eigenvalue weighted by molar-refractivity contribution is -0.0561. The molecule has 108 valence electrons. The second kappa shape index (κ2) is 7.01. The summed E-state index contributed by atoms with van der Waals surface area (Å²) in [6, 6.07) is 4.96. The van der Waals surface area contributed by atoms with Crippen LogP contribution < -0.4 is 5.32 Å². The van der Waals surface area contributed by atoms with Crippen LogP contribution in [0.15, 0.2) is 18.2 Å². The molecule has 3 heteroatoms. The van der Waals surface area contributed by atoms with Crippen molar-refractivity contribution in [2.75, 3.05) is 13.2 Å². The first-order valence-electron chi connectivity index (χ1n) is 7.11. The molecule has 1 aromatic rings. The third kappa shape index (κ3) is 3.77. The highest BCUT2D eigenvalue weighted by atomic mass is 19.1. The summed E-state index contributed by atoms with van der Waals surface area (Å²) in [6.45, 7) is 11.7. The zero-order chi connectivity index (χ0) is 14.5. The van der Waals surface area contributed by atoms with Crippen molar-refractivity contribution in [3.8, 4) is 0 Å². The Morgan fingerprint density at radius 2 is 2.00 bits per heavy atom. The molecule has 2 nitrogen and oxygen atoms in total. The smallest absolute Gasteiger partial charge is 0.123 e. The van der Waals surface area contributed by atoms with Gasteiger partial charge in [0, 0.05) is 6.61 Å². The van der Waals surface area contributed by atoms with Gasteiger partial charge in [0.05, 0.1) is 11.6 Å². The molecular formula is C16H26FNO. The Morgan fingerprint density at radius 1 is 1.32 bits per heavy atom. The van der Waals surface area contributed by atoms with E-state index in [1.54, 1.807) is 6.07 Å². The molecule has 0 aliphatic rings. The molecule has 2 atom stereocenters. The number of likely N-dealkylation sites (N-methyl/N-ethyl adjacent to an activating group) is 1. The fraction of sp³-hybridized carbons (Fsp3) is 0.625. The van der Waals surface area contributed by atoms with E-state index >= 15 is 0 Å². The van der Waals surface area contributed by atoms with Crippen LogP contribution in [0.2, 0.25) is 0 Å². The average molecular weight is 267 g/mol. The van der Waals surface area contributed by atoms with Gasteiger partial charge in [-0.3, -0.25) is 0 Å². The van der Waals surface area contributed by atoms with Crippen molar-refractivity contribution in [1.82, 2.24) is 5.32 Å². The van der Waals surface area contributed by atoms with E-state index < -0.39 is 0 Å². The van der Waals surface area contributed by atoms with Crippen molar-refractivity contribution in [3.63, 3.8) is 0 Å². The number of rotatable bonds is 7. The first-order chi connectivity index (χ1) is 8.98. The van der Waals surface area contributed by atoms with Gasteiger partial charge >= 0.3 is 0 Å². The topological polar surface area (TPSA) is 21.3 Å². The van der Waals surface area contributed by atoms with Crippen LogP contribution in [-0.2, 0) is 4.74 Å². The maximum Gasteiger partial charge on any atom is 0.123 e. The normalized spacial score (nSPS) is 16.1. The molecule has 0 spiro atoms. The fourth-order valence-electron chi connectivity index (χ4n) is 2.50. The molecule has 0 saturated heterocycles. The second-order valence-corrected chi connectivity index (χ2v) is 5.09. The summed E-state index contributed by atoms with van der Waals surface area (Å²) in [5.74, 6) is -0.196. The van der Waals surface area contributed by atoms with Crippen LogP contribution in [0.4, 0.5) is 4.39 Å². The number of ether oxygens (including phenoxy) is 1. The summed E-state index contributed by atoms with van der Waals surface area (Å²) in [5.41, 5.74) is 1.75. The molecule has 0 aliphatic carbocycles. The van der Waals surface area contributed by atoms with Gasteiger partial charge in [-0.25, -0.2) is 4.39 Å². The molecule has 0 saturated carbocycles. The van der Waals surface area contributed by atoms with E-state index in [4.69, 9.17) is 4.74 Å². The molecule has 0 fully saturated rings. The molecule has 19 heavy (non-hydrogen) atoms. The predicted octanol–water partition coefficient (Wildman–Crippen LogP) is 3.99. The van der Waals surface area contributed by atoms with E-state index in [0.717, 1.165) is 24.1 Å². The molecule has 1 aromatic carbocycles. The van der Waals surface area contributed by atoms with Crippen molar-refractivity contribution >= 4 is 0 Å². The maximum atomic E-state index is 13.6. The molecule has 0 amide bonds. The highest BCUT2D eigenvalue weighted by Gasteiger charge is 2.34. The minimum absolute atomic E-state index is 0.00171. The molecular weight excluding hydrogens is 241 g/mol. The molecule has 0 bridgehead atoms. The molecule has 0 heterocycles. The van der Waals surface area contributed by atoms with E-state index in [2.05, 4.69) is 26.1 Å². The first-order valence-corrected chi connectivity index (χ1v) is 7.11. The summed E-state index contributed by atoms with van der Waals surface area (Å²) >= 11 is 0. The molecule has 1 N–H and O–H groups in total. The van der Waals surface area contributed by atoms with Gasteiger partial charge in [-0.05, 0) is 57.0 Å². The third-order valence-electron chi connectivity index (χ3n) is 3.75. The third-order valence-corrected chi connectivity index (χ3v) is 3.75. The lowest BCUT2D eigenvalue weighted by Gasteiger charge is -2.38. The Kier molecular flexibility index (Phi) is 5.95. The Labute approximate surface area is 116 Å². The Morgan fingerprint density at radius 3 is 2.53 bits per heavy atom. The van der Waals surface area contributed by atoms with Crippen molar-refractivity contribution in [2.24, 2.45) is 0 Å². The minimum Gasteiger partial charge on any atom is -0.374 e. The summed E-state index contributed by atoms with van der Waals surface area (Å²) in [6.07, 6.45) is 0.870. The molecule has 0 radical (unpaired) electrons. The molecule has 0 aromatic heterocycles. The van der Waals surface area contributed by atoms with Crippen molar-refractivity contribution in [2.45, 2.75) is 52.7 Å². The van der Waals surface area contributed by atoms with E-state index in [-0.39, 0.29) is 17.5 Å². The van der Waals surface area contributed by atoms with E-state index in [0.29, 0.717) is 6.61 Å². The van der Waals surface area contributed by atoms with Gasteiger partial charge in [0.1, 0.15) is 5.82 Å². The lowest BCUT2D eigenvalue weighted by Crippen LogP contribution is -2.44. The summed E-state index contributed by atoms with van der Waals surface area (Å²) < 4.78 is 19.5. The van der Waals surface area contributed by atoms with Crippen LogP contribution in [0.1, 0.15) is 51.3 Å². The van der Waals surface area contributed by atoms with E-state index in [9.17, 15) is 4.39 Å². The fourth-order valence-corrected chi connectivity index (χ4v) is 2.50. The standard InChI is InChI=1S/C16H26FNO/c1-6-16(5,19-8-3)15(18-7-2)14-11-13(17)10-9-12(14)4/h9-11,15,18H,6-8H2,1-5H3. The van der Waals surface area contributed by atoms with Gasteiger partial charge in [-0.1, -0.05) is 19.9 Å². The Bertz CT molecular complexity index is 408. The number of nitrogens with one attached hydrogen (secondary N) is 1. The largest absolute Gasteiger partial charge is 0.374 e. The SMILES string of the molecule is CCNC(c1cc(F)ccc1C)C(C)(CC)OCC. The summed E-state index contributed by atoms with van der Waals surface area (Å²) in [7, 11) is 0. The molecule has 2 unspecified atom stereocenters. The van der Waals surface area contributed by atoms with Gasteiger partial charge < -0.3 is 10.1 Å². The van der Waals surface area contributed by atoms with Crippen molar-refractivity contribution < 1.29 is 9.13 Å². The van der Waals surface area contributed by atoms with Crippen molar-refractivity contribution in [3.05, 3.63) is 35.1 Å². The number of hydrogen-bond donors (Lipinski definition) is 1. The predicted molar refractivity (Wildman–Crippen MR) is 77.9 cm³/mol. The van der Waals surface area contributed by atoms with Crippen LogP contribution >= 0.6 is 0 Å². The average Bonchev–Trinajstić information content (AvgIpc) is 2.39. The van der Waals surface area contributed by atoms with Gasteiger partial charge in [0.25, 0.3) is 0 Å². The quantitative estimate of drug-likeness (QED) is 0.806. The summed E-state index contributed by atoms with van der Waals surface area (Å²) in [5, 5.41) is 3.45. The maximum absolute atomic E-state index is 13.6. The van der Waals surface area contributed by atoms with Crippen LogP contribution in [0.3, 0.4) is 0 Å². The van der Waals surface area contributed by atoms with Crippen LogP contribution in [0, 0.1) is 12.7 Å². The van der Waals surface area contributed by atoms with Crippen molar-refractivity contribution in [1.29, 1.82) is 0 Å². The van der Waals surface area contributed by atoms with Gasteiger partial charge in [0.2, 0.25) is 0 Å². The lowest BCUT2D eigenvalue weighted by atomic mass is 9.85.